The molecule has 0 radical (unpaired) electrons. The summed E-state index contributed by atoms with van der Waals surface area (Å²) in [5.74, 6) is 1.37. The van der Waals surface area contributed by atoms with Crippen LogP contribution in [0.5, 0.6) is 11.5 Å². The molecule has 0 aromatic heterocycles. The van der Waals surface area contributed by atoms with Crippen LogP contribution in [0.2, 0.25) is 0 Å². The summed E-state index contributed by atoms with van der Waals surface area (Å²) in [6.45, 7) is 0. The average molecular weight is 350 g/mol. The van der Waals surface area contributed by atoms with Gasteiger partial charge in [0.2, 0.25) is 0 Å². The SMILES string of the molecule is COc1ccc([C@@H](O)[C@](O)(c2ccccc2)c2ccc(OC)cc2)cc1. The molecule has 0 aliphatic heterocycles. The van der Waals surface area contributed by atoms with Crippen molar-refractivity contribution in [2.45, 2.75) is 11.7 Å². The van der Waals surface area contributed by atoms with Gasteiger partial charge in [0, 0.05) is 0 Å². The van der Waals surface area contributed by atoms with Crippen LogP contribution in [0.15, 0.2) is 78.9 Å². The number of rotatable bonds is 6. The van der Waals surface area contributed by atoms with Crippen molar-refractivity contribution in [3.05, 3.63) is 95.6 Å². The van der Waals surface area contributed by atoms with Gasteiger partial charge in [-0.3, -0.25) is 0 Å². The molecule has 0 amide bonds. The van der Waals surface area contributed by atoms with Crippen molar-refractivity contribution < 1.29 is 19.7 Å². The Balaban J connectivity index is 2.10. The van der Waals surface area contributed by atoms with Crippen molar-refractivity contribution in [2.75, 3.05) is 14.2 Å². The van der Waals surface area contributed by atoms with Crippen molar-refractivity contribution in [3.8, 4) is 11.5 Å². The molecule has 4 nitrogen and oxygen atoms in total. The number of methoxy groups -OCH3 is 2. The second-order valence-electron chi connectivity index (χ2n) is 6.04. The molecule has 3 aromatic carbocycles. The molecule has 0 heterocycles. The van der Waals surface area contributed by atoms with Crippen LogP contribution in [0.3, 0.4) is 0 Å². The number of benzene rings is 3. The number of hydrogen-bond acceptors (Lipinski definition) is 4. The predicted octanol–water partition coefficient (Wildman–Crippen LogP) is 3.67. The smallest absolute Gasteiger partial charge is 0.145 e. The quantitative estimate of drug-likeness (QED) is 0.712. The zero-order valence-corrected chi connectivity index (χ0v) is 14.8. The lowest BCUT2D eigenvalue weighted by Crippen LogP contribution is -2.35. The van der Waals surface area contributed by atoms with Crippen LogP contribution in [0.25, 0.3) is 0 Å². The molecular formula is C22H22O4. The zero-order valence-electron chi connectivity index (χ0n) is 14.8. The molecule has 2 N–H and O–H groups in total. The molecule has 0 aliphatic rings. The fourth-order valence-corrected chi connectivity index (χ4v) is 3.05. The Labute approximate surface area is 153 Å². The van der Waals surface area contributed by atoms with Crippen LogP contribution in [0.4, 0.5) is 0 Å². The van der Waals surface area contributed by atoms with E-state index in [1.54, 1.807) is 74.9 Å². The molecule has 0 bridgehead atoms. The Bertz CT molecular complexity index is 828. The van der Waals surface area contributed by atoms with E-state index in [-0.39, 0.29) is 0 Å². The third-order valence-corrected chi connectivity index (χ3v) is 4.57. The minimum atomic E-state index is -1.61. The first-order chi connectivity index (χ1) is 12.6. The highest BCUT2D eigenvalue weighted by atomic mass is 16.5. The van der Waals surface area contributed by atoms with E-state index < -0.39 is 11.7 Å². The van der Waals surface area contributed by atoms with Crippen molar-refractivity contribution in [2.24, 2.45) is 0 Å². The maximum Gasteiger partial charge on any atom is 0.145 e. The number of hydrogen-bond donors (Lipinski definition) is 2. The Kier molecular flexibility index (Phi) is 5.26. The average Bonchev–Trinajstić information content (AvgIpc) is 2.73. The lowest BCUT2D eigenvalue weighted by Gasteiger charge is -2.34. The minimum Gasteiger partial charge on any atom is -0.497 e. The lowest BCUT2D eigenvalue weighted by atomic mass is 9.79. The third-order valence-electron chi connectivity index (χ3n) is 4.57. The van der Waals surface area contributed by atoms with Crippen molar-refractivity contribution in [1.29, 1.82) is 0 Å². The molecule has 0 aliphatic carbocycles. The fourth-order valence-electron chi connectivity index (χ4n) is 3.05. The topological polar surface area (TPSA) is 58.9 Å². The summed E-state index contributed by atoms with van der Waals surface area (Å²) in [4.78, 5) is 0. The summed E-state index contributed by atoms with van der Waals surface area (Å²) in [5.41, 5.74) is 0.163. The molecule has 134 valence electrons. The van der Waals surface area contributed by atoms with Crippen LogP contribution in [0.1, 0.15) is 22.8 Å². The van der Waals surface area contributed by atoms with Gasteiger partial charge in [-0.15, -0.1) is 0 Å². The van der Waals surface area contributed by atoms with E-state index in [9.17, 15) is 10.2 Å². The van der Waals surface area contributed by atoms with Crippen LogP contribution in [-0.2, 0) is 5.60 Å². The molecule has 0 fully saturated rings. The molecular weight excluding hydrogens is 328 g/mol. The summed E-state index contributed by atoms with van der Waals surface area (Å²) in [6, 6.07) is 23.2. The third kappa shape index (κ3) is 3.29. The van der Waals surface area contributed by atoms with Gasteiger partial charge in [0.1, 0.15) is 23.2 Å². The van der Waals surface area contributed by atoms with Gasteiger partial charge in [0.05, 0.1) is 14.2 Å². The predicted molar refractivity (Wildman–Crippen MR) is 100 cm³/mol. The summed E-state index contributed by atoms with van der Waals surface area (Å²) in [7, 11) is 3.17. The number of ether oxygens (including phenoxy) is 2. The highest BCUT2D eigenvalue weighted by Crippen LogP contribution is 2.41. The van der Waals surface area contributed by atoms with Crippen molar-refractivity contribution >= 4 is 0 Å². The monoisotopic (exact) mass is 350 g/mol. The van der Waals surface area contributed by atoms with E-state index in [0.717, 1.165) is 0 Å². The van der Waals surface area contributed by atoms with E-state index in [1.165, 1.54) is 0 Å². The molecule has 2 atom stereocenters. The van der Waals surface area contributed by atoms with Gasteiger partial charge < -0.3 is 19.7 Å². The normalized spacial score (nSPS) is 14.3. The number of aliphatic hydroxyl groups excluding tert-OH is 1. The molecule has 0 unspecified atom stereocenters. The van der Waals surface area contributed by atoms with E-state index in [4.69, 9.17) is 9.47 Å². The van der Waals surface area contributed by atoms with Crippen LogP contribution >= 0.6 is 0 Å². The van der Waals surface area contributed by atoms with Gasteiger partial charge in [-0.25, -0.2) is 0 Å². The van der Waals surface area contributed by atoms with Gasteiger partial charge in [0.25, 0.3) is 0 Å². The van der Waals surface area contributed by atoms with Crippen LogP contribution in [0, 0.1) is 0 Å². The number of aliphatic hydroxyl groups is 2. The first-order valence-corrected chi connectivity index (χ1v) is 8.34. The first kappa shape index (κ1) is 18.0. The maximum atomic E-state index is 11.6. The Morgan fingerprint density at radius 3 is 1.65 bits per heavy atom. The molecule has 26 heavy (non-hydrogen) atoms. The highest BCUT2D eigenvalue weighted by molar-refractivity contribution is 5.43. The minimum absolute atomic E-state index is 0.577. The molecule has 0 spiro atoms. The van der Waals surface area contributed by atoms with Gasteiger partial charge in [0.15, 0.2) is 0 Å². The summed E-state index contributed by atoms with van der Waals surface area (Å²) >= 11 is 0. The molecule has 4 heteroatoms. The van der Waals surface area contributed by atoms with E-state index in [2.05, 4.69) is 0 Å². The van der Waals surface area contributed by atoms with Gasteiger partial charge >= 0.3 is 0 Å². The Hall–Kier alpha value is -2.82. The van der Waals surface area contributed by atoms with Gasteiger partial charge in [-0.05, 0) is 41.0 Å². The second-order valence-corrected chi connectivity index (χ2v) is 6.04. The van der Waals surface area contributed by atoms with Gasteiger partial charge in [-0.2, -0.15) is 0 Å². The maximum absolute atomic E-state index is 11.6. The second kappa shape index (κ2) is 7.60. The Morgan fingerprint density at radius 1 is 0.692 bits per heavy atom. The zero-order chi connectivity index (χ0) is 18.6. The molecule has 0 saturated heterocycles. The van der Waals surface area contributed by atoms with E-state index in [0.29, 0.717) is 28.2 Å². The Morgan fingerprint density at radius 2 is 1.15 bits per heavy atom. The van der Waals surface area contributed by atoms with Gasteiger partial charge in [-0.1, -0.05) is 54.6 Å². The van der Waals surface area contributed by atoms with E-state index >= 15 is 0 Å². The fraction of sp³-hybridized carbons (Fsp3) is 0.182. The first-order valence-electron chi connectivity index (χ1n) is 8.34. The summed E-state index contributed by atoms with van der Waals surface area (Å²) < 4.78 is 10.4. The molecule has 0 saturated carbocycles. The van der Waals surface area contributed by atoms with Crippen LogP contribution < -0.4 is 9.47 Å². The largest absolute Gasteiger partial charge is 0.497 e. The highest BCUT2D eigenvalue weighted by Gasteiger charge is 2.40. The standard InChI is InChI=1S/C22H22O4/c1-25-19-12-8-16(9-13-19)21(23)22(24,17-6-4-3-5-7-17)18-10-14-20(26-2)15-11-18/h3-15,21,23-24H,1-2H3/t21-,22+/m1/s1. The molecule has 3 aromatic rings. The summed E-state index contributed by atoms with van der Waals surface area (Å²) in [5, 5.41) is 22.8. The summed E-state index contributed by atoms with van der Waals surface area (Å²) in [6.07, 6.45) is -1.16. The van der Waals surface area contributed by atoms with Crippen molar-refractivity contribution in [3.63, 3.8) is 0 Å². The van der Waals surface area contributed by atoms with Crippen molar-refractivity contribution in [1.82, 2.24) is 0 Å². The molecule has 3 rings (SSSR count). The lowest BCUT2D eigenvalue weighted by molar-refractivity contribution is -0.0518. The van der Waals surface area contributed by atoms with E-state index in [1.807, 2.05) is 18.2 Å². The van der Waals surface area contributed by atoms with Crippen LogP contribution in [-0.4, -0.2) is 24.4 Å².